The van der Waals surface area contributed by atoms with Crippen molar-refractivity contribution in [2.75, 3.05) is 52.5 Å². The monoisotopic (exact) mass is 501 g/mol. The highest BCUT2D eigenvalue weighted by Crippen LogP contribution is 2.11. The smallest absolute Gasteiger partial charge is 0.0897 e. The fourth-order valence-electron chi connectivity index (χ4n) is 4.37. The molecule has 0 aromatic heterocycles. The second-order valence-electron chi connectivity index (χ2n) is 9.56. The first-order valence-electron chi connectivity index (χ1n) is 13.4. The summed E-state index contributed by atoms with van der Waals surface area (Å²) in [6.45, 7) is 3.19. The standard InChI is InChI=1S/C29H47N3O4/c33-22-28(23-34)31-18-8-20-32(21-29(36)24-35)19-7-17-30-27(15-13-25-9-3-1-4-10-25)16-14-26-11-5-2-6-12-26/h1-6,9-12,27-31,33-36H,7-8,13-24H2. The van der Waals surface area contributed by atoms with Crippen LogP contribution in [0.3, 0.4) is 0 Å². The fraction of sp³-hybridized carbons (Fsp3) is 0.586. The van der Waals surface area contributed by atoms with Gasteiger partial charge in [-0.25, -0.2) is 0 Å². The van der Waals surface area contributed by atoms with Crippen molar-refractivity contribution in [2.45, 2.75) is 56.7 Å². The van der Waals surface area contributed by atoms with Crippen molar-refractivity contribution in [1.29, 1.82) is 0 Å². The van der Waals surface area contributed by atoms with Crippen LogP contribution in [0.25, 0.3) is 0 Å². The molecule has 36 heavy (non-hydrogen) atoms. The van der Waals surface area contributed by atoms with E-state index in [1.54, 1.807) is 0 Å². The molecule has 0 radical (unpaired) electrons. The van der Waals surface area contributed by atoms with Crippen molar-refractivity contribution in [3.8, 4) is 0 Å². The Morgan fingerprint density at radius 3 is 1.56 bits per heavy atom. The van der Waals surface area contributed by atoms with Crippen LogP contribution in [0.1, 0.15) is 36.8 Å². The normalized spacial score (nSPS) is 12.6. The van der Waals surface area contributed by atoms with Crippen LogP contribution in [-0.2, 0) is 12.8 Å². The number of nitrogens with zero attached hydrogens (tertiary/aromatic N) is 1. The van der Waals surface area contributed by atoms with Gasteiger partial charge in [-0.1, -0.05) is 60.7 Å². The number of hydrogen-bond donors (Lipinski definition) is 6. The fourth-order valence-corrected chi connectivity index (χ4v) is 4.37. The molecule has 2 rings (SSSR count). The number of hydrogen-bond acceptors (Lipinski definition) is 7. The molecule has 0 aliphatic carbocycles. The van der Waals surface area contributed by atoms with Crippen LogP contribution in [0.2, 0.25) is 0 Å². The molecule has 0 saturated carbocycles. The lowest BCUT2D eigenvalue weighted by molar-refractivity contribution is 0.0581. The molecule has 0 amide bonds. The van der Waals surface area contributed by atoms with Crippen LogP contribution in [0.5, 0.6) is 0 Å². The van der Waals surface area contributed by atoms with Gasteiger partial charge in [0.15, 0.2) is 0 Å². The van der Waals surface area contributed by atoms with Gasteiger partial charge < -0.3 is 36.0 Å². The third kappa shape index (κ3) is 13.5. The summed E-state index contributed by atoms with van der Waals surface area (Å²) in [7, 11) is 0. The highest BCUT2D eigenvalue weighted by Gasteiger charge is 2.13. The minimum Gasteiger partial charge on any atom is -0.395 e. The summed E-state index contributed by atoms with van der Waals surface area (Å²) in [5.74, 6) is 0. The summed E-state index contributed by atoms with van der Waals surface area (Å²) in [5, 5.41) is 44.5. The van der Waals surface area contributed by atoms with Crippen molar-refractivity contribution in [2.24, 2.45) is 0 Å². The predicted molar refractivity (Wildman–Crippen MR) is 146 cm³/mol. The largest absolute Gasteiger partial charge is 0.395 e. The lowest BCUT2D eigenvalue weighted by Crippen LogP contribution is -2.40. The maximum atomic E-state index is 9.96. The van der Waals surface area contributed by atoms with E-state index in [-0.39, 0.29) is 25.9 Å². The molecule has 0 aliphatic rings. The summed E-state index contributed by atoms with van der Waals surface area (Å²) in [5.41, 5.74) is 2.73. The van der Waals surface area contributed by atoms with E-state index in [1.807, 2.05) is 0 Å². The Bertz CT molecular complexity index is 718. The number of aryl methyl sites for hydroxylation is 2. The van der Waals surface area contributed by atoms with Crippen LogP contribution in [0, 0.1) is 0 Å². The summed E-state index contributed by atoms with van der Waals surface area (Å²) in [6.07, 6.45) is 5.32. The third-order valence-electron chi connectivity index (χ3n) is 6.54. The molecule has 7 nitrogen and oxygen atoms in total. The maximum absolute atomic E-state index is 9.96. The Balaban J connectivity index is 1.79. The quantitative estimate of drug-likeness (QED) is 0.144. The number of benzene rings is 2. The molecule has 0 spiro atoms. The molecular weight excluding hydrogens is 454 g/mol. The molecule has 7 heteroatoms. The Morgan fingerprint density at radius 1 is 0.639 bits per heavy atom. The van der Waals surface area contributed by atoms with Gasteiger partial charge in [-0.3, -0.25) is 0 Å². The zero-order valence-electron chi connectivity index (χ0n) is 21.6. The van der Waals surface area contributed by atoms with Gasteiger partial charge in [-0.15, -0.1) is 0 Å². The van der Waals surface area contributed by atoms with Crippen LogP contribution >= 0.6 is 0 Å². The Morgan fingerprint density at radius 2 is 1.11 bits per heavy atom. The maximum Gasteiger partial charge on any atom is 0.0897 e. The van der Waals surface area contributed by atoms with Gasteiger partial charge in [-0.05, 0) is 75.8 Å². The highest BCUT2D eigenvalue weighted by molar-refractivity contribution is 5.16. The Kier molecular flexibility index (Phi) is 16.3. The third-order valence-corrected chi connectivity index (χ3v) is 6.54. The SMILES string of the molecule is OCC(O)CN(CCCNC(CO)CO)CCCNC(CCc1ccccc1)CCc1ccccc1. The average molecular weight is 502 g/mol. The van der Waals surface area contributed by atoms with Gasteiger partial charge in [0.1, 0.15) is 0 Å². The van der Waals surface area contributed by atoms with Gasteiger partial charge in [0.25, 0.3) is 0 Å². The summed E-state index contributed by atoms with van der Waals surface area (Å²) in [4.78, 5) is 2.18. The molecule has 1 unspecified atom stereocenters. The number of rotatable bonds is 21. The Hall–Kier alpha value is -1.84. The number of aliphatic hydroxyl groups excluding tert-OH is 4. The molecule has 0 fully saturated rings. The van der Waals surface area contributed by atoms with Gasteiger partial charge in [-0.2, -0.15) is 0 Å². The lowest BCUT2D eigenvalue weighted by atomic mass is 9.99. The van der Waals surface area contributed by atoms with E-state index in [0.717, 1.165) is 58.2 Å². The lowest BCUT2D eigenvalue weighted by Gasteiger charge is -2.26. The molecular formula is C29H47N3O4. The zero-order chi connectivity index (χ0) is 25.8. The van der Waals surface area contributed by atoms with Gasteiger partial charge >= 0.3 is 0 Å². The summed E-state index contributed by atoms with van der Waals surface area (Å²) < 4.78 is 0. The van der Waals surface area contributed by atoms with E-state index >= 15 is 0 Å². The molecule has 0 bridgehead atoms. The highest BCUT2D eigenvalue weighted by atomic mass is 16.3. The van der Waals surface area contributed by atoms with Crippen molar-refractivity contribution in [1.82, 2.24) is 15.5 Å². The van der Waals surface area contributed by atoms with E-state index < -0.39 is 6.10 Å². The van der Waals surface area contributed by atoms with Crippen molar-refractivity contribution in [3.05, 3.63) is 71.8 Å². The van der Waals surface area contributed by atoms with E-state index in [1.165, 1.54) is 11.1 Å². The number of nitrogens with one attached hydrogen (secondary N) is 2. The van der Waals surface area contributed by atoms with Crippen LogP contribution in [0.15, 0.2) is 60.7 Å². The summed E-state index contributed by atoms with van der Waals surface area (Å²) in [6, 6.07) is 21.4. The first kappa shape index (κ1) is 30.4. The molecule has 0 heterocycles. The molecule has 0 aliphatic heterocycles. The van der Waals surface area contributed by atoms with Crippen molar-refractivity contribution >= 4 is 0 Å². The topological polar surface area (TPSA) is 108 Å². The second-order valence-corrected chi connectivity index (χ2v) is 9.56. The molecule has 202 valence electrons. The zero-order valence-corrected chi connectivity index (χ0v) is 21.6. The Labute approximate surface area is 217 Å². The van der Waals surface area contributed by atoms with Crippen LogP contribution in [0.4, 0.5) is 0 Å². The van der Waals surface area contributed by atoms with Gasteiger partial charge in [0.05, 0.1) is 32.0 Å². The molecule has 2 aromatic rings. The van der Waals surface area contributed by atoms with Crippen molar-refractivity contribution in [3.63, 3.8) is 0 Å². The predicted octanol–water partition coefficient (Wildman–Crippen LogP) is 1.59. The molecule has 6 N–H and O–H groups in total. The van der Waals surface area contributed by atoms with E-state index in [9.17, 15) is 20.4 Å². The van der Waals surface area contributed by atoms with Crippen molar-refractivity contribution < 1.29 is 20.4 Å². The second kappa shape index (κ2) is 19.3. The molecule has 1 atom stereocenters. The van der Waals surface area contributed by atoms with Crippen LogP contribution in [-0.4, -0.2) is 96.1 Å². The molecule has 0 saturated heterocycles. The van der Waals surface area contributed by atoms with E-state index in [4.69, 9.17) is 0 Å². The van der Waals surface area contributed by atoms with Crippen LogP contribution < -0.4 is 10.6 Å². The minimum atomic E-state index is -0.752. The first-order valence-corrected chi connectivity index (χ1v) is 13.4. The first-order chi connectivity index (χ1) is 17.6. The minimum absolute atomic E-state index is 0.0924. The molecule has 2 aromatic carbocycles. The van der Waals surface area contributed by atoms with Gasteiger partial charge in [0.2, 0.25) is 0 Å². The summed E-state index contributed by atoms with van der Waals surface area (Å²) >= 11 is 0. The number of aliphatic hydroxyl groups is 4. The average Bonchev–Trinajstić information content (AvgIpc) is 2.92. The van der Waals surface area contributed by atoms with E-state index in [2.05, 4.69) is 76.2 Å². The van der Waals surface area contributed by atoms with E-state index in [0.29, 0.717) is 19.1 Å². The van der Waals surface area contributed by atoms with Gasteiger partial charge in [0, 0.05) is 12.6 Å².